The Bertz CT molecular complexity index is 1980. The molecule has 1 aromatic heterocycles. The van der Waals surface area contributed by atoms with E-state index in [0.717, 1.165) is 34.9 Å². The van der Waals surface area contributed by atoms with Gasteiger partial charge in [-0.1, -0.05) is 85.5 Å². The summed E-state index contributed by atoms with van der Waals surface area (Å²) in [5.74, 6) is 0.727. The monoisotopic (exact) mass is 631 g/mol. The van der Waals surface area contributed by atoms with Crippen LogP contribution < -0.4 is 0 Å². The van der Waals surface area contributed by atoms with Crippen molar-refractivity contribution in [1.29, 1.82) is 0 Å². The highest BCUT2D eigenvalue weighted by Gasteiger charge is 2.39. The summed E-state index contributed by atoms with van der Waals surface area (Å²) < 4.78 is 39.8. The number of hydrogen-bond acceptors (Lipinski definition) is 3. The highest BCUT2D eigenvalue weighted by Crippen LogP contribution is 2.42. The van der Waals surface area contributed by atoms with Crippen molar-refractivity contribution in [3.63, 3.8) is 0 Å². The van der Waals surface area contributed by atoms with Crippen LogP contribution in [0.3, 0.4) is 0 Å². The van der Waals surface area contributed by atoms with E-state index in [1.807, 2.05) is 36.5 Å². The zero-order chi connectivity index (χ0) is 32.7. The molecule has 0 aliphatic heterocycles. The largest absolute Gasteiger partial charge is 0.417 e. The van der Waals surface area contributed by atoms with Crippen LogP contribution in [-0.2, 0) is 19.0 Å². The summed E-state index contributed by atoms with van der Waals surface area (Å²) in [4.78, 5) is 30.3. The van der Waals surface area contributed by atoms with Gasteiger partial charge in [0, 0.05) is 28.8 Å². The molecule has 0 amide bonds. The summed E-state index contributed by atoms with van der Waals surface area (Å²) >= 11 is 0. The number of nitrogens with zero attached hydrogens (tertiary/aromatic N) is 1. The van der Waals surface area contributed by atoms with Crippen molar-refractivity contribution in [3.8, 4) is 11.3 Å². The summed E-state index contributed by atoms with van der Waals surface area (Å²) in [6.07, 6.45) is 5.22. The molecule has 5 aromatic rings. The van der Waals surface area contributed by atoms with E-state index in [1.165, 1.54) is 55.4 Å². The van der Waals surface area contributed by atoms with E-state index in [-0.39, 0.29) is 17.1 Å². The molecule has 47 heavy (non-hydrogen) atoms. The van der Waals surface area contributed by atoms with E-state index in [0.29, 0.717) is 34.6 Å². The molecule has 6 heteroatoms. The average Bonchev–Trinajstić information content (AvgIpc) is 3.60. The second kappa shape index (κ2) is 12.6. The third-order valence-electron chi connectivity index (χ3n) is 10.2. The Labute approximate surface area is 272 Å². The molecule has 238 valence electrons. The first-order chi connectivity index (χ1) is 22.7. The van der Waals surface area contributed by atoms with Gasteiger partial charge in [-0.05, 0) is 96.3 Å². The third-order valence-corrected chi connectivity index (χ3v) is 10.2. The van der Waals surface area contributed by atoms with Crippen LogP contribution in [0.15, 0.2) is 97.2 Å². The van der Waals surface area contributed by atoms with Crippen LogP contribution in [-0.4, -0.2) is 16.6 Å². The van der Waals surface area contributed by atoms with Gasteiger partial charge in [-0.25, -0.2) is 0 Å². The van der Waals surface area contributed by atoms with Gasteiger partial charge in [0.25, 0.3) is 0 Å². The molecule has 0 spiro atoms. The Morgan fingerprint density at radius 3 is 2.26 bits per heavy atom. The van der Waals surface area contributed by atoms with Gasteiger partial charge in [-0.2, -0.15) is 13.2 Å². The standard InChI is InChI=1S/C21H23NO.C20H13F3O/c1-14-11-16-13-17(15-7-3-2-4-8-15)21(23)20(16)18(12-14)19-9-5-6-10-22-19;21-20(22,23)18-7-3-5-12-8-9-14(10-16(12)18)17-11-13-4-1-2-6-15(13)19(17)24/h5-6,9-12,15,17H,2-4,7-8,13H2,1H3;1-10,17H,11H2. The fourth-order valence-electron chi connectivity index (χ4n) is 7.93. The van der Waals surface area contributed by atoms with Gasteiger partial charge in [0.05, 0.1) is 17.2 Å². The second-order valence-electron chi connectivity index (χ2n) is 13.2. The van der Waals surface area contributed by atoms with Crippen LogP contribution in [0.2, 0.25) is 0 Å². The fraction of sp³-hybridized carbons (Fsp3) is 0.293. The molecule has 3 nitrogen and oxygen atoms in total. The Kier molecular flexibility index (Phi) is 8.29. The number of hydrogen-bond donors (Lipinski definition) is 0. The maximum absolute atomic E-state index is 13.3. The van der Waals surface area contributed by atoms with E-state index < -0.39 is 17.7 Å². The number of carbonyl (C=O) groups excluding carboxylic acids is 2. The van der Waals surface area contributed by atoms with Crippen LogP contribution in [0.5, 0.6) is 0 Å². The van der Waals surface area contributed by atoms with Gasteiger partial charge in [0.1, 0.15) is 0 Å². The summed E-state index contributed by atoms with van der Waals surface area (Å²) in [6, 6.07) is 26.7. The number of fused-ring (bicyclic) bond motifs is 3. The molecule has 0 bridgehead atoms. The molecule has 8 rings (SSSR count). The maximum Gasteiger partial charge on any atom is 0.417 e. The van der Waals surface area contributed by atoms with Gasteiger partial charge >= 0.3 is 6.18 Å². The molecule has 0 saturated heterocycles. The third kappa shape index (κ3) is 6.02. The maximum atomic E-state index is 13.3. The quantitative estimate of drug-likeness (QED) is 0.199. The van der Waals surface area contributed by atoms with Crippen molar-refractivity contribution in [1.82, 2.24) is 4.98 Å². The first-order valence-electron chi connectivity index (χ1n) is 16.5. The minimum Gasteiger partial charge on any atom is -0.294 e. The Balaban J connectivity index is 0.000000150. The van der Waals surface area contributed by atoms with Gasteiger partial charge in [-0.15, -0.1) is 0 Å². The SMILES string of the molecule is Cc1cc2c(c(-c3ccccn3)c1)C(=O)C(C1CCCCC1)C2.O=C1c2ccccc2CC1c1ccc2cccc(C(F)(F)F)c2c1. The molecule has 2 atom stereocenters. The molecule has 0 N–H and O–H groups in total. The predicted molar refractivity (Wildman–Crippen MR) is 179 cm³/mol. The number of ketones is 2. The van der Waals surface area contributed by atoms with E-state index in [4.69, 9.17) is 0 Å². The molecular formula is C41H36F3NO2. The number of aromatic nitrogens is 1. The lowest BCUT2D eigenvalue weighted by molar-refractivity contribution is -0.136. The molecule has 1 heterocycles. The van der Waals surface area contributed by atoms with E-state index >= 15 is 0 Å². The highest BCUT2D eigenvalue weighted by molar-refractivity contribution is 6.08. The minimum absolute atomic E-state index is 0.0190. The van der Waals surface area contributed by atoms with Crippen LogP contribution in [0.1, 0.15) is 86.6 Å². The Hall–Kier alpha value is -4.58. The molecular weight excluding hydrogens is 595 g/mol. The van der Waals surface area contributed by atoms with Crippen molar-refractivity contribution in [3.05, 3.63) is 136 Å². The van der Waals surface area contributed by atoms with Gasteiger partial charge < -0.3 is 0 Å². The van der Waals surface area contributed by atoms with E-state index in [1.54, 1.807) is 30.3 Å². The number of halogens is 3. The summed E-state index contributed by atoms with van der Waals surface area (Å²) in [6.45, 7) is 2.12. The fourth-order valence-corrected chi connectivity index (χ4v) is 7.93. The molecule has 3 aliphatic rings. The van der Waals surface area contributed by atoms with Crippen LogP contribution >= 0.6 is 0 Å². The number of Topliss-reactive ketones (excluding diaryl/α,β-unsaturated/α-hetero) is 2. The molecule has 1 fully saturated rings. The average molecular weight is 632 g/mol. The normalized spacial score (nSPS) is 19.3. The number of pyridine rings is 1. The van der Waals surface area contributed by atoms with E-state index in [9.17, 15) is 22.8 Å². The number of aryl methyl sites for hydroxylation is 1. The molecule has 4 aromatic carbocycles. The highest BCUT2D eigenvalue weighted by atomic mass is 19.4. The Morgan fingerprint density at radius 1 is 0.723 bits per heavy atom. The number of carbonyl (C=O) groups is 2. The summed E-state index contributed by atoms with van der Waals surface area (Å²) in [5, 5.41) is 0.669. The zero-order valence-electron chi connectivity index (χ0n) is 26.3. The number of rotatable bonds is 3. The van der Waals surface area contributed by atoms with Crippen LogP contribution in [0, 0.1) is 18.8 Å². The smallest absolute Gasteiger partial charge is 0.294 e. The van der Waals surface area contributed by atoms with Crippen molar-refractivity contribution in [2.75, 3.05) is 0 Å². The molecule has 3 aliphatic carbocycles. The minimum atomic E-state index is -4.42. The lowest BCUT2D eigenvalue weighted by atomic mass is 9.78. The van der Waals surface area contributed by atoms with E-state index in [2.05, 4.69) is 24.0 Å². The van der Waals surface area contributed by atoms with Crippen molar-refractivity contribution in [2.45, 2.75) is 64.0 Å². The lowest BCUT2D eigenvalue weighted by Gasteiger charge is -2.26. The molecule has 1 saturated carbocycles. The first-order valence-corrected chi connectivity index (χ1v) is 16.5. The predicted octanol–water partition coefficient (Wildman–Crippen LogP) is 10.4. The first kappa shape index (κ1) is 31.0. The van der Waals surface area contributed by atoms with Crippen molar-refractivity contribution >= 4 is 22.3 Å². The topological polar surface area (TPSA) is 47.0 Å². The van der Waals surface area contributed by atoms with Crippen molar-refractivity contribution in [2.24, 2.45) is 11.8 Å². The van der Waals surface area contributed by atoms with Gasteiger partial charge in [0.15, 0.2) is 11.6 Å². The lowest BCUT2D eigenvalue weighted by Crippen LogP contribution is -2.23. The molecule has 0 radical (unpaired) electrons. The van der Waals surface area contributed by atoms with Crippen LogP contribution in [0.25, 0.3) is 22.0 Å². The summed E-state index contributed by atoms with van der Waals surface area (Å²) in [5.41, 5.74) is 6.97. The molecule has 2 unspecified atom stereocenters. The van der Waals surface area contributed by atoms with Crippen LogP contribution in [0.4, 0.5) is 13.2 Å². The second-order valence-corrected chi connectivity index (χ2v) is 13.2. The van der Waals surface area contributed by atoms with Gasteiger partial charge in [0.2, 0.25) is 0 Å². The zero-order valence-corrected chi connectivity index (χ0v) is 26.3. The van der Waals surface area contributed by atoms with Crippen molar-refractivity contribution < 1.29 is 22.8 Å². The Morgan fingerprint density at radius 2 is 1.51 bits per heavy atom. The summed E-state index contributed by atoms with van der Waals surface area (Å²) in [7, 11) is 0. The number of benzene rings is 4. The van der Waals surface area contributed by atoms with Gasteiger partial charge in [-0.3, -0.25) is 14.6 Å². The number of alkyl halides is 3.